The number of hydrogen-bond donors (Lipinski definition) is 2. The molecule has 1 fully saturated rings. The fourth-order valence-corrected chi connectivity index (χ4v) is 3.61. The van der Waals surface area contributed by atoms with Gasteiger partial charge in [-0.1, -0.05) is 6.07 Å². The van der Waals surface area contributed by atoms with E-state index < -0.39 is 12.6 Å². The molecule has 0 radical (unpaired) electrons. The molecule has 1 amide bonds. The molecule has 1 aliphatic rings. The largest absolute Gasteiger partial charge is 0.490 e. The first kappa shape index (κ1) is 21.2. The van der Waals surface area contributed by atoms with Gasteiger partial charge in [-0.25, -0.2) is 9.79 Å². The number of ether oxygens (including phenoxy) is 2. The summed E-state index contributed by atoms with van der Waals surface area (Å²) >= 11 is 3.47. The van der Waals surface area contributed by atoms with Crippen LogP contribution in [0.2, 0.25) is 0 Å². The molecule has 1 aliphatic heterocycles. The van der Waals surface area contributed by atoms with Gasteiger partial charge in [-0.05, 0) is 89.3 Å². The maximum absolute atomic E-state index is 12.3. The van der Waals surface area contributed by atoms with Crippen LogP contribution in [0.4, 0.5) is 5.69 Å². The van der Waals surface area contributed by atoms with Gasteiger partial charge in [0.2, 0.25) is 0 Å². The third-order valence-electron chi connectivity index (χ3n) is 3.62. The van der Waals surface area contributed by atoms with Crippen molar-refractivity contribution in [1.82, 2.24) is 5.32 Å². The van der Waals surface area contributed by atoms with Crippen molar-refractivity contribution in [2.45, 2.75) is 6.92 Å². The SMILES string of the molecule is CCOc1cc(/C=C2/SC(=Nc3ccc(I)cc3)NC2=O)ccc1OCC(=O)O. The van der Waals surface area contributed by atoms with Crippen LogP contribution < -0.4 is 14.8 Å². The molecule has 0 bridgehead atoms. The number of halogens is 1. The van der Waals surface area contributed by atoms with Crippen molar-refractivity contribution >= 4 is 63.2 Å². The minimum absolute atomic E-state index is 0.233. The molecule has 9 heteroatoms. The van der Waals surface area contributed by atoms with E-state index in [-0.39, 0.29) is 5.91 Å². The average Bonchev–Trinajstić information content (AvgIpc) is 3.02. The van der Waals surface area contributed by atoms with Crippen LogP contribution in [-0.4, -0.2) is 35.4 Å². The molecule has 7 nitrogen and oxygen atoms in total. The number of benzene rings is 2. The number of amides is 1. The van der Waals surface area contributed by atoms with E-state index in [1.807, 2.05) is 31.2 Å². The average molecular weight is 524 g/mol. The summed E-state index contributed by atoms with van der Waals surface area (Å²) in [6.07, 6.45) is 1.72. The molecule has 0 atom stereocenters. The van der Waals surface area contributed by atoms with E-state index in [1.165, 1.54) is 11.8 Å². The zero-order chi connectivity index (χ0) is 20.8. The monoisotopic (exact) mass is 524 g/mol. The summed E-state index contributed by atoms with van der Waals surface area (Å²) in [5.41, 5.74) is 1.48. The van der Waals surface area contributed by atoms with Gasteiger partial charge in [-0.2, -0.15) is 0 Å². The molecule has 29 heavy (non-hydrogen) atoms. The fraction of sp³-hybridized carbons (Fsp3) is 0.150. The Kier molecular flexibility index (Phi) is 7.15. The lowest BCUT2D eigenvalue weighted by Crippen LogP contribution is -2.19. The molecule has 0 aromatic heterocycles. The summed E-state index contributed by atoms with van der Waals surface area (Å²) < 4.78 is 11.9. The minimum atomic E-state index is -1.07. The number of rotatable bonds is 7. The molecule has 0 aliphatic carbocycles. The molecule has 0 spiro atoms. The minimum Gasteiger partial charge on any atom is -0.490 e. The summed E-state index contributed by atoms with van der Waals surface area (Å²) in [6, 6.07) is 12.7. The van der Waals surface area contributed by atoms with Crippen LogP contribution in [0, 0.1) is 3.57 Å². The van der Waals surface area contributed by atoms with Crippen molar-refractivity contribution in [3.63, 3.8) is 0 Å². The normalized spacial score (nSPS) is 16.1. The first-order valence-electron chi connectivity index (χ1n) is 8.61. The molecule has 1 saturated heterocycles. The van der Waals surface area contributed by atoms with Crippen LogP contribution in [0.3, 0.4) is 0 Å². The lowest BCUT2D eigenvalue weighted by Gasteiger charge is -2.11. The fourth-order valence-electron chi connectivity index (χ4n) is 2.41. The number of nitrogens with one attached hydrogen (secondary N) is 1. The molecular weight excluding hydrogens is 507 g/mol. The van der Waals surface area contributed by atoms with E-state index in [1.54, 1.807) is 24.3 Å². The highest BCUT2D eigenvalue weighted by Crippen LogP contribution is 2.32. The van der Waals surface area contributed by atoms with Crippen molar-refractivity contribution in [2.24, 2.45) is 4.99 Å². The van der Waals surface area contributed by atoms with E-state index in [2.05, 4.69) is 32.9 Å². The standard InChI is InChI=1S/C20H17IN2O5S/c1-2-27-16-9-12(3-8-15(16)28-11-18(24)25)10-17-19(26)23-20(29-17)22-14-6-4-13(21)5-7-14/h3-10H,2,11H2,1H3,(H,24,25)(H,22,23,26)/b17-10+. The molecule has 1 heterocycles. The van der Waals surface area contributed by atoms with Crippen LogP contribution in [0.15, 0.2) is 52.4 Å². The van der Waals surface area contributed by atoms with Gasteiger partial charge in [-0.3, -0.25) is 4.79 Å². The number of carboxylic acid groups (broad SMARTS) is 1. The van der Waals surface area contributed by atoms with Gasteiger partial charge in [-0.15, -0.1) is 0 Å². The molecule has 0 unspecified atom stereocenters. The number of aliphatic carboxylic acids is 1. The molecule has 0 saturated carbocycles. The lowest BCUT2D eigenvalue weighted by atomic mass is 10.2. The Bertz CT molecular complexity index is 989. The smallest absolute Gasteiger partial charge is 0.341 e. The number of aliphatic imine (C=N–C) groups is 1. The summed E-state index contributed by atoms with van der Waals surface area (Å²) in [4.78, 5) is 27.9. The summed E-state index contributed by atoms with van der Waals surface area (Å²) in [5.74, 6) is -0.554. The first-order chi connectivity index (χ1) is 13.9. The number of carbonyl (C=O) groups is 2. The van der Waals surface area contributed by atoms with Crippen molar-refractivity contribution in [3.8, 4) is 11.5 Å². The zero-order valence-corrected chi connectivity index (χ0v) is 18.3. The second kappa shape index (κ2) is 9.79. The number of hydrogen-bond acceptors (Lipinski definition) is 6. The summed E-state index contributed by atoms with van der Waals surface area (Å²) in [7, 11) is 0. The van der Waals surface area contributed by atoms with Crippen molar-refractivity contribution < 1.29 is 24.2 Å². The molecular formula is C20H17IN2O5S. The van der Waals surface area contributed by atoms with Gasteiger partial charge in [0, 0.05) is 3.57 Å². The van der Waals surface area contributed by atoms with Crippen molar-refractivity contribution in [3.05, 3.63) is 56.5 Å². The highest BCUT2D eigenvalue weighted by Gasteiger charge is 2.24. The van der Waals surface area contributed by atoms with Crippen LogP contribution in [0.25, 0.3) is 6.08 Å². The maximum atomic E-state index is 12.3. The third-order valence-corrected chi connectivity index (χ3v) is 5.25. The maximum Gasteiger partial charge on any atom is 0.341 e. The Morgan fingerprint density at radius 3 is 2.66 bits per heavy atom. The second-order valence-electron chi connectivity index (χ2n) is 5.78. The van der Waals surface area contributed by atoms with Gasteiger partial charge in [0.15, 0.2) is 23.3 Å². The van der Waals surface area contributed by atoms with Crippen molar-refractivity contribution in [2.75, 3.05) is 13.2 Å². The van der Waals surface area contributed by atoms with Crippen molar-refractivity contribution in [1.29, 1.82) is 0 Å². The van der Waals surface area contributed by atoms with E-state index in [0.717, 1.165) is 14.8 Å². The Morgan fingerprint density at radius 2 is 1.97 bits per heavy atom. The Morgan fingerprint density at radius 1 is 1.21 bits per heavy atom. The Balaban J connectivity index is 1.79. The van der Waals surface area contributed by atoms with Crippen LogP contribution in [0.5, 0.6) is 11.5 Å². The topological polar surface area (TPSA) is 97.2 Å². The molecule has 150 valence electrons. The zero-order valence-electron chi connectivity index (χ0n) is 15.3. The Hall–Kier alpha value is -2.53. The number of thioether (sulfide) groups is 1. The van der Waals surface area contributed by atoms with E-state index >= 15 is 0 Å². The van der Waals surface area contributed by atoms with E-state index in [4.69, 9.17) is 14.6 Å². The lowest BCUT2D eigenvalue weighted by molar-refractivity contribution is -0.139. The number of nitrogens with zero attached hydrogens (tertiary/aromatic N) is 1. The quantitative estimate of drug-likeness (QED) is 0.419. The van der Waals surface area contributed by atoms with E-state index in [9.17, 15) is 9.59 Å². The number of amidine groups is 1. The number of carboxylic acids is 1. The summed E-state index contributed by atoms with van der Waals surface area (Å²) in [6.45, 7) is 1.75. The van der Waals surface area contributed by atoms with Gasteiger partial charge in [0.25, 0.3) is 5.91 Å². The summed E-state index contributed by atoms with van der Waals surface area (Å²) in [5, 5.41) is 12.0. The van der Waals surface area contributed by atoms with Crippen LogP contribution in [0.1, 0.15) is 12.5 Å². The molecule has 3 rings (SSSR count). The van der Waals surface area contributed by atoms with Gasteiger partial charge in [0.1, 0.15) is 0 Å². The molecule has 2 aromatic rings. The molecule has 2 aromatic carbocycles. The number of carbonyl (C=O) groups excluding carboxylic acids is 1. The first-order valence-corrected chi connectivity index (χ1v) is 10.5. The molecule has 2 N–H and O–H groups in total. The van der Waals surface area contributed by atoms with Crippen LogP contribution >= 0.6 is 34.4 Å². The highest BCUT2D eigenvalue weighted by molar-refractivity contribution is 14.1. The second-order valence-corrected chi connectivity index (χ2v) is 8.06. The van der Waals surface area contributed by atoms with Gasteiger partial charge >= 0.3 is 5.97 Å². The van der Waals surface area contributed by atoms with E-state index in [0.29, 0.717) is 28.2 Å². The van der Waals surface area contributed by atoms with Gasteiger partial charge < -0.3 is 19.9 Å². The van der Waals surface area contributed by atoms with Crippen LogP contribution in [-0.2, 0) is 9.59 Å². The predicted molar refractivity (Wildman–Crippen MR) is 121 cm³/mol. The van der Waals surface area contributed by atoms with Gasteiger partial charge in [0.05, 0.1) is 17.2 Å². The highest BCUT2D eigenvalue weighted by atomic mass is 127. The Labute approximate surface area is 185 Å². The third kappa shape index (κ3) is 5.97. The predicted octanol–water partition coefficient (Wildman–Crippen LogP) is 4.04.